The predicted octanol–water partition coefficient (Wildman–Crippen LogP) is 6.94. The van der Waals surface area contributed by atoms with Gasteiger partial charge in [-0.25, -0.2) is 18.1 Å². The number of para-hydroxylation sites is 2. The van der Waals surface area contributed by atoms with Gasteiger partial charge < -0.3 is 10.6 Å². The van der Waals surface area contributed by atoms with Crippen molar-refractivity contribution in [2.24, 2.45) is 0 Å². The lowest BCUT2D eigenvalue weighted by Crippen LogP contribution is -2.21. The summed E-state index contributed by atoms with van der Waals surface area (Å²) >= 11 is 0. The van der Waals surface area contributed by atoms with Crippen LogP contribution in [0.4, 0.5) is 8.78 Å². The summed E-state index contributed by atoms with van der Waals surface area (Å²) in [7, 11) is 0. The highest BCUT2D eigenvalue weighted by Crippen LogP contribution is 2.25. The van der Waals surface area contributed by atoms with Gasteiger partial charge >= 0.3 is 0 Å². The van der Waals surface area contributed by atoms with Crippen LogP contribution in [-0.2, 0) is 13.1 Å². The Morgan fingerprint density at radius 1 is 0.512 bits per heavy atom. The molecule has 0 radical (unpaired) electrons. The summed E-state index contributed by atoms with van der Waals surface area (Å²) in [5.41, 5.74) is 7.44. The molecule has 4 aromatic carbocycles. The Kier molecular flexibility index (Phi) is 8.77. The van der Waals surface area contributed by atoms with E-state index in [1.807, 2.05) is 82.4 Å². The lowest BCUT2D eigenvalue weighted by atomic mass is 10.1. The van der Waals surface area contributed by atoms with Crippen LogP contribution in [-0.4, -0.2) is 32.7 Å². The molecule has 43 heavy (non-hydrogen) atoms. The molecule has 6 aromatic rings. The van der Waals surface area contributed by atoms with E-state index >= 15 is 0 Å². The quantitative estimate of drug-likeness (QED) is 0.156. The molecule has 2 heterocycles. The van der Waals surface area contributed by atoms with E-state index in [-0.39, 0.29) is 11.6 Å². The third-order valence-corrected chi connectivity index (χ3v) is 7.19. The number of hydrogen-bond donors (Lipinski definition) is 2. The van der Waals surface area contributed by atoms with Crippen molar-refractivity contribution in [3.63, 3.8) is 0 Å². The molecular weight excluding hydrogens is 542 g/mol. The summed E-state index contributed by atoms with van der Waals surface area (Å²) in [6, 6.07) is 32.8. The van der Waals surface area contributed by atoms with Gasteiger partial charge in [-0.3, -0.25) is 0 Å². The van der Waals surface area contributed by atoms with Crippen molar-refractivity contribution in [1.29, 1.82) is 0 Å². The summed E-state index contributed by atoms with van der Waals surface area (Å²) in [6.07, 6.45) is 4.97. The number of hydrogen-bond acceptors (Lipinski definition) is 4. The van der Waals surface area contributed by atoms with E-state index in [9.17, 15) is 8.78 Å². The molecule has 0 saturated heterocycles. The SMILES string of the molecule is Fc1ccc(-c2nn(-c3ccccc3)cc2CNCCCNCc2cn(-c3ccccc3)nc2-c2ccc(F)cc2)cc1. The molecule has 216 valence electrons. The lowest BCUT2D eigenvalue weighted by Gasteiger charge is -2.07. The average molecular weight is 575 g/mol. The Bertz CT molecular complexity index is 1610. The first-order chi connectivity index (χ1) is 21.1. The third-order valence-electron chi connectivity index (χ3n) is 7.19. The Morgan fingerprint density at radius 3 is 1.30 bits per heavy atom. The van der Waals surface area contributed by atoms with Crippen LogP contribution >= 0.6 is 0 Å². The minimum absolute atomic E-state index is 0.268. The molecule has 0 unspecified atom stereocenters. The van der Waals surface area contributed by atoms with Crippen molar-refractivity contribution in [3.8, 4) is 33.9 Å². The largest absolute Gasteiger partial charge is 0.312 e. The van der Waals surface area contributed by atoms with Gasteiger partial charge in [0.2, 0.25) is 0 Å². The van der Waals surface area contributed by atoms with Gasteiger partial charge in [0.05, 0.1) is 22.8 Å². The molecule has 0 amide bonds. The highest BCUT2D eigenvalue weighted by atomic mass is 19.1. The van der Waals surface area contributed by atoms with E-state index in [0.29, 0.717) is 13.1 Å². The van der Waals surface area contributed by atoms with Gasteiger partial charge in [0.1, 0.15) is 11.6 Å². The molecule has 6 nitrogen and oxygen atoms in total. The Hall–Kier alpha value is -4.92. The molecule has 0 aliphatic carbocycles. The zero-order valence-corrected chi connectivity index (χ0v) is 23.6. The van der Waals surface area contributed by atoms with Crippen LogP contribution in [0.3, 0.4) is 0 Å². The topological polar surface area (TPSA) is 59.7 Å². The van der Waals surface area contributed by atoms with Crippen molar-refractivity contribution in [2.45, 2.75) is 19.5 Å². The van der Waals surface area contributed by atoms with E-state index < -0.39 is 0 Å². The van der Waals surface area contributed by atoms with Crippen molar-refractivity contribution < 1.29 is 8.78 Å². The van der Waals surface area contributed by atoms with Gasteiger partial charge in [0.25, 0.3) is 0 Å². The smallest absolute Gasteiger partial charge is 0.123 e. The minimum atomic E-state index is -0.268. The Morgan fingerprint density at radius 2 is 0.907 bits per heavy atom. The van der Waals surface area contributed by atoms with Crippen LogP contribution in [0.2, 0.25) is 0 Å². The van der Waals surface area contributed by atoms with Gasteiger partial charge in [-0.15, -0.1) is 0 Å². The first-order valence-electron chi connectivity index (χ1n) is 14.4. The van der Waals surface area contributed by atoms with E-state index in [4.69, 9.17) is 10.2 Å². The van der Waals surface area contributed by atoms with Crippen LogP contribution in [0.5, 0.6) is 0 Å². The highest BCUT2D eigenvalue weighted by Gasteiger charge is 2.14. The average Bonchev–Trinajstić information content (AvgIpc) is 3.67. The molecule has 8 heteroatoms. The van der Waals surface area contributed by atoms with Crippen molar-refractivity contribution in [1.82, 2.24) is 30.2 Å². The molecule has 0 saturated carbocycles. The molecule has 2 aromatic heterocycles. The normalized spacial score (nSPS) is 11.2. The molecular formula is C35H32F2N6. The van der Waals surface area contributed by atoms with Crippen LogP contribution in [0.25, 0.3) is 33.9 Å². The van der Waals surface area contributed by atoms with Crippen molar-refractivity contribution in [3.05, 3.63) is 144 Å². The summed E-state index contributed by atoms with van der Waals surface area (Å²) in [4.78, 5) is 0. The summed E-state index contributed by atoms with van der Waals surface area (Å²) in [5.74, 6) is -0.536. The second kappa shape index (κ2) is 13.4. The number of halogens is 2. The number of rotatable bonds is 12. The van der Waals surface area contributed by atoms with Gasteiger partial charge in [-0.1, -0.05) is 36.4 Å². The van der Waals surface area contributed by atoms with Gasteiger partial charge in [0.15, 0.2) is 0 Å². The zero-order chi connectivity index (χ0) is 29.4. The molecule has 2 N–H and O–H groups in total. The monoisotopic (exact) mass is 574 g/mol. The second-order valence-electron chi connectivity index (χ2n) is 10.3. The van der Waals surface area contributed by atoms with E-state index in [2.05, 4.69) is 10.6 Å². The predicted molar refractivity (Wildman–Crippen MR) is 166 cm³/mol. The lowest BCUT2D eigenvalue weighted by molar-refractivity contribution is 0.595. The van der Waals surface area contributed by atoms with Gasteiger partial charge in [-0.05, 0) is 92.3 Å². The highest BCUT2D eigenvalue weighted by molar-refractivity contribution is 5.64. The fourth-order valence-corrected chi connectivity index (χ4v) is 4.99. The molecule has 6 rings (SSSR count). The van der Waals surface area contributed by atoms with Crippen LogP contribution in [0.1, 0.15) is 17.5 Å². The molecule has 0 aliphatic rings. The summed E-state index contributed by atoms with van der Waals surface area (Å²) in [5, 5.41) is 16.7. The van der Waals surface area contributed by atoms with E-state index in [1.165, 1.54) is 24.3 Å². The Balaban J connectivity index is 1.07. The maximum Gasteiger partial charge on any atom is 0.123 e. The number of benzene rings is 4. The summed E-state index contributed by atoms with van der Waals surface area (Å²) in [6.45, 7) is 2.89. The zero-order valence-electron chi connectivity index (χ0n) is 23.6. The second-order valence-corrected chi connectivity index (χ2v) is 10.3. The molecule has 0 bridgehead atoms. The maximum atomic E-state index is 13.6. The third kappa shape index (κ3) is 6.94. The first-order valence-corrected chi connectivity index (χ1v) is 14.4. The molecule has 0 fully saturated rings. The van der Waals surface area contributed by atoms with Crippen molar-refractivity contribution >= 4 is 0 Å². The number of nitrogens with one attached hydrogen (secondary N) is 2. The minimum Gasteiger partial charge on any atom is -0.312 e. The van der Waals surface area contributed by atoms with Gasteiger partial charge in [0, 0.05) is 47.7 Å². The van der Waals surface area contributed by atoms with Gasteiger partial charge in [-0.2, -0.15) is 10.2 Å². The first kappa shape index (κ1) is 28.2. The standard InChI is InChI=1S/C35H32F2N6/c36-30-16-12-26(13-17-30)34-28(24-42(40-34)32-8-3-1-4-9-32)22-38-20-7-21-39-23-29-25-43(33-10-5-2-6-11-33)41-35(29)27-14-18-31(37)19-15-27/h1-6,8-19,24-25,38-39H,7,20-23H2. The van der Waals surface area contributed by atoms with Crippen LogP contribution in [0.15, 0.2) is 122 Å². The molecule has 0 spiro atoms. The fourth-order valence-electron chi connectivity index (χ4n) is 4.99. The van der Waals surface area contributed by atoms with Crippen molar-refractivity contribution in [2.75, 3.05) is 13.1 Å². The number of aromatic nitrogens is 4. The molecule has 0 aliphatic heterocycles. The van der Waals surface area contributed by atoms with Crippen LogP contribution < -0.4 is 10.6 Å². The summed E-state index contributed by atoms with van der Waals surface area (Å²) < 4.78 is 30.9. The maximum absolute atomic E-state index is 13.6. The Labute approximate surface area is 249 Å². The number of nitrogens with zero attached hydrogens (tertiary/aromatic N) is 4. The molecule has 0 atom stereocenters. The van der Waals surface area contributed by atoms with E-state index in [1.54, 1.807) is 24.3 Å². The fraction of sp³-hybridized carbons (Fsp3) is 0.143. The van der Waals surface area contributed by atoms with E-state index in [0.717, 1.165) is 64.5 Å². The van der Waals surface area contributed by atoms with Crippen LogP contribution in [0, 0.1) is 11.6 Å².